The van der Waals surface area contributed by atoms with Crippen LogP contribution in [0.5, 0.6) is 0 Å². The molecule has 0 aliphatic carbocycles. The van der Waals surface area contributed by atoms with Crippen molar-refractivity contribution in [1.82, 2.24) is 19.6 Å². The van der Waals surface area contributed by atoms with Crippen LogP contribution in [0, 0.1) is 0 Å². The van der Waals surface area contributed by atoms with Crippen molar-refractivity contribution in [3.05, 3.63) is 52.4 Å². The van der Waals surface area contributed by atoms with Crippen LogP contribution in [0.2, 0.25) is 0 Å². The molecule has 0 bridgehead atoms. The third kappa shape index (κ3) is 2.69. The number of H-pyrrole nitrogens is 1. The van der Waals surface area contributed by atoms with E-state index in [9.17, 15) is 9.59 Å². The van der Waals surface area contributed by atoms with Gasteiger partial charge in [0.05, 0.1) is 17.6 Å². The van der Waals surface area contributed by atoms with E-state index >= 15 is 0 Å². The third-order valence-corrected chi connectivity index (χ3v) is 4.61. The van der Waals surface area contributed by atoms with Gasteiger partial charge >= 0.3 is 0 Å². The molecule has 6 nitrogen and oxygen atoms in total. The second-order valence-corrected chi connectivity index (χ2v) is 6.26. The number of aromatic nitrogens is 2. The van der Waals surface area contributed by atoms with E-state index in [1.54, 1.807) is 6.07 Å². The summed E-state index contributed by atoms with van der Waals surface area (Å²) in [5, 5.41) is 3.20. The molecule has 4 rings (SSSR count). The van der Waals surface area contributed by atoms with Crippen LogP contribution in [0.3, 0.4) is 0 Å². The van der Waals surface area contributed by atoms with Crippen LogP contribution in [-0.4, -0.2) is 39.8 Å². The molecule has 1 amide bonds. The maximum atomic E-state index is 12.1. The third-order valence-electron chi connectivity index (χ3n) is 4.61. The van der Waals surface area contributed by atoms with Crippen molar-refractivity contribution in [2.75, 3.05) is 19.6 Å². The Bertz CT molecular complexity index is 950. The molecule has 6 heteroatoms. The fourth-order valence-electron chi connectivity index (χ4n) is 3.36. The number of nitrogens with one attached hydrogen (secondary N) is 2. The minimum Gasteiger partial charge on any atom is -0.342 e. The van der Waals surface area contributed by atoms with Crippen LogP contribution in [0.15, 0.2) is 41.3 Å². The fourth-order valence-corrected chi connectivity index (χ4v) is 3.36. The first-order valence-electron chi connectivity index (χ1n) is 8.33. The van der Waals surface area contributed by atoms with Crippen molar-refractivity contribution < 1.29 is 4.79 Å². The van der Waals surface area contributed by atoms with Gasteiger partial charge in [0.15, 0.2) is 0 Å². The lowest BCUT2D eigenvalue weighted by atomic mass is 10.2. The Hall–Kier alpha value is -2.60. The van der Waals surface area contributed by atoms with Gasteiger partial charge in [-0.05, 0) is 42.7 Å². The summed E-state index contributed by atoms with van der Waals surface area (Å²) in [4.78, 5) is 28.9. The number of benzene rings is 1. The standard InChI is InChI=1S/C18H20N4O2/c23-17(21-7-1-2-8-21)12-19-11-13-5-6-15-14(10-13)20-18(24)16-4-3-9-22(15)16/h3-6,9-10,19H,1-2,7-8,11-12H2,(H,20,24). The summed E-state index contributed by atoms with van der Waals surface area (Å²) in [6.45, 7) is 2.71. The second-order valence-electron chi connectivity index (χ2n) is 6.26. The highest BCUT2D eigenvalue weighted by atomic mass is 16.2. The van der Waals surface area contributed by atoms with E-state index in [2.05, 4.69) is 10.3 Å². The van der Waals surface area contributed by atoms with Gasteiger partial charge in [-0.2, -0.15) is 0 Å². The first kappa shape index (κ1) is 15.0. The summed E-state index contributed by atoms with van der Waals surface area (Å²) in [6, 6.07) is 9.65. The normalized spacial score (nSPS) is 14.8. The quantitative estimate of drug-likeness (QED) is 0.764. The summed E-state index contributed by atoms with van der Waals surface area (Å²) in [5.74, 6) is 0.163. The van der Waals surface area contributed by atoms with Gasteiger partial charge in [-0.15, -0.1) is 0 Å². The molecule has 1 fully saturated rings. The number of carbonyl (C=O) groups is 1. The van der Waals surface area contributed by atoms with Gasteiger partial charge in [0.1, 0.15) is 5.52 Å². The molecule has 3 aromatic rings. The Morgan fingerprint density at radius 1 is 1.17 bits per heavy atom. The number of hydrogen-bond donors (Lipinski definition) is 2. The van der Waals surface area contributed by atoms with Crippen molar-refractivity contribution in [2.24, 2.45) is 0 Å². The average molecular weight is 324 g/mol. The predicted octanol–water partition coefficient (Wildman–Crippen LogP) is 1.49. The highest BCUT2D eigenvalue weighted by Crippen LogP contribution is 2.15. The fraction of sp³-hybridized carbons (Fsp3) is 0.333. The Labute approximate surface area is 139 Å². The van der Waals surface area contributed by atoms with E-state index < -0.39 is 0 Å². The molecular formula is C18H20N4O2. The largest absolute Gasteiger partial charge is 0.342 e. The zero-order valence-corrected chi connectivity index (χ0v) is 13.4. The summed E-state index contributed by atoms with van der Waals surface area (Å²) in [6.07, 6.45) is 4.11. The monoisotopic (exact) mass is 324 g/mol. The van der Waals surface area contributed by atoms with E-state index in [0.29, 0.717) is 18.6 Å². The molecule has 1 saturated heterocycles. The maximum Gasteiger partial charge on any atom is 0.272 e. The molecule has 0 atom stereocenters. The molecule has 1 aliphatic rings. The molecule has 3 heterocycles. The molecule has 24 heavy (non-hydrogen) atoms. The maximum absolute atomic E-state index is 12.1. The molecule has 2 aromatic heterocycles. The molecule has 2 N–H and O–H groups in total. The molecule has 1 aromatic carbocycles. The van der Waals surface area contributed by atoms with Crippen molar-refractivity contribution in [3.63, 3.8) is 0 Å². The highest BCUT2D eigenvalue weighted by molar-refractivity contribution is 5.79. The molecular weight excluding hydrogens is 304 g/mol. The van der Waals surface area contributed by atoms with Gasteiger partial charge in [0, 0.05) is 25.8 Å². The van der Waals surface area contributed by atoms with E-state index in [1.807, 2.05) is 39.8 Å². The number of fused-ring (bicyclic) bond motifs is 3. The van der Waals surface area contributed by atoms with Crippen molar-refractivity contribution in [3.8, 4) is 0 Å². The molecule has 0 spiro atoms. The number of rotatable bonds is 4. The number of nitrogens with zero attached hydrogens (tertiary/aromatic N) is 2. The molecule has 1 aliphatic heterocycles. The number of amides is 1. The zero-order chi connectivity index (χ0) is 16.5. The number of hydrogen-bond acceptors (Lipinski definition) is 3. The lowest BCUT2D eigenvalue weighted by Crippen LogP contribution is -2.35. The minimum atomic E-state index is -0.0955. The molecule has 124 valence electrons. The van der Waals surface area contributed by atoms with Gasteiger partial charge in [-0.25, -0.2) is 0 Å². The Kier molecular flexibility index (Phi) is 3.82. The van der Waals surface area contributed by atoms with Crippen LogP contribution in [0.25, 0.3) is 16.6 Å². The molecule has 0 unspecified atom stereocenters. The van der Waals surface area contributed by atoms with Crippen LogP contribution in [-0.2, 0) is 11.3 Å². The zero-order valence-electron chi connectivity index (χ0n) is 13.4. The van der Waals surface area contributed by atoms with Crippen LogP contribution >= 0.6 is 0 Å². The lowest BCUT2D eigenvalue weighted by Gasteiger charge is -2.15. The van der Waals surface area contributed by atoms with E-state index in [-0.39, 0.29) is 11.5 Å². The lowest BCUT2D eigenvalue weighted by molar-refractivity contribution is -0.129. The number of aromatic amines is 1. The Balaban J connectivity index is 1.49. The van der Waals surface area contributed by atoms with E-state index in [1.165, 1.54) is 0 Å². The second kappa shape index (κ2) is 6.13. The van der Waals surface area contributed by atoms with Crippen LogP contribution in [0.4, 0.5) is 0 Å². The van der Waals surface area contributed by atoms with Gasteiger partial charge in [0.2, 0.25) is 5.91 Å². The first-order valence-corrected chi connectivity index (χ1v) is 8.33. The smallest absolute Gasteiger partial charge is 0.272 e. The molecule has 0 saturated carbocycles. The number of likely N-dealkylation sites (tertiary alicyclic amines) is 1. The van der Waals surface area contributed by atoms with Crippen LogP contribution < -0.4 is 10.9 Å². The van der Waals surface area contributed by atoms with Gasteiger partial charge < -0.3 is 19.6 Å². The highest BCUT2D eigenvalue weighted by Gasteiger charge is 2.16. The predicted molar refractivity (Wildman–Crippen MR) is 93.0 cm³/mol. The summed E-state index contributed by atoms with van der Waals surface area (Å²) >= 11 is 0. The summed E-state index contributed by atoms with van der Waals surface area (Å²) < 4.78 is 1.89. The average Bonchev–Trinajstić information content (AvgIpc) is 3.27. The topological polar surface area (TPSA) is 69.6 Å². The van der Waals surface area contributed by atoms with E-state index in [4.69, 9.17) is 0 Å². The van der Waals surface area contributed by atoms with E-state index in [0.717, 1.165) is 42.5 Å². The Morgan fingerprint density at radius 3 is 2.83 bits per heavy atom. The SMILES string of the molecule is O=C(CNCc1ccc2c(c1)[nH]c(=O)c1cccn12)N1CCCC1. The molecule has 0 radical (unpaired) electrons. The van der Waals surface area contributed by atoms with Gasteiger partial charge in [0.25, 0.3) is 5.56 Å². The van der Waals surface area contributed by atoms with Crippen molar-refractivity contribution in [2.45, 2.75) is 19.4 Å². The number of carbonyl (C=O) groups excluding carboxylic acids is 1. The summed E-state index contributed by atoms with van der Waals surface area (Å²) in [7, 11) is 0. The first-order chi connectivity index (χ1) is 11.7. The van der Waals surface area contributed by atoms with Gasteiger partial charge in [-0.1, -0.05) is 6.07 Å². The minimum absolute atomic E-state index is 0.0955. The van der Waals surface area contributed by atoms with Gasteiger partial charge in [-0.3, -0.25) is 9.59 Å². The van der Waals surface area contributed by atoms with Crippen molar-refractivity contribution in [1.29, 1.82) is 0 Å². The van der Waals surface area contributed by atoms with Crippen molar-refractivity contribution >= 4 is 22.5 Å². The summed E-state index contributed by atoms with van der Waals surface area (Å²) in [5.41, 5.74) is 3.35. The van der Waals surface area contributed by atoms with Crippen LogP contribution in [0.1, 0.15) is 18.4 Å². The Morgan fingerprint density at radius 2 is 2.00 bits per heavy atom.